The first kappa shape index (κ1) is 22.2. The van der Waals surface area contributed by atoms with Gasteiger partial charge in [-0.05, 0) is 57.5 Å². The van der Waals surface area contributed by atoms with Crippen LogP contribution in [0.2, 0.25) is 0 Å². The Morgan fingerprint density at radius 1 is 1.15 bits per heavy atom. The Morgan fingerprint density at radius 3 is 2.70 bits per heavy atom. The van der Waals surface area contributed by atoms with Crippen LogP contribution in [-0.4, -0.2) is 32.6 Å². The number of benzene rings is 2. The largest absolute Gasteiger partial charge is 0.493 e. The van der Waals surface area contributed by atoms with Gasteiger partial charge in [0.05, 0.1) is 23.6 Å². The lowest BCUT2D eigenvalue weighted by atomic mass is 10.2. The van der Waals surface area contributed by atoms with Gasteiger partial charge in [0.25, 0.3) is 0 Å². The summed E-state index contributed by atoms with van der Waals surface area (Å²) in [5.41, 5.74) is 2.65. The molecule has 0 saturated carbocycles. The van der Waals surface area contributed by atoms with Crippen molar-refractivity contribution in [2.75, 3.05) is 6.61 Å². The van der Waals surface area contributed by atoms with E-state index >= 15 is 0 Å². The number of carbonyl (C=O) groups is 1. The maximum Gasteiger partial charge on any atom is 0.361 e. The van der Waals surface area contributed by atoms with Crippen LogP contribution in [0.1, 0.15) is 40.1 Å². The zero-order chi connectivity index (χ0) is 23.5. The SMILES string of the molecule is CCOc1ccccc1-c1nc(COC(=O)c2nnn(-c3ccc(C)c(F)c3)c2C)c(C)o1. The molecule has 0 fully saturated rings. The van der Waals surface area contributed by atoms with E-state index in [1.54, 1.807) is 32.9 Å². The molecule has 170 valence electrons. The van der Waals surface area contributed by atoms with Gasteiger partial charge in [0.1, 0.15) is 29.6 Å². The fraction of sp³-hybridized carbons (Fsp3) is 0.250. The molecule has 0 amide bonds. The summed E-state index contributed by atoms with van der Waals surface area (Å²) in [5, 5.41) is 7.89. The average molecular weight is 450 g/mol. The highest BCUT2D eigenvalue weighted by Crippen LogP contribution is 2.30. The minimum absolute atomic E-state index is 0.0408. The summed E-state index contributed by atoms with van der Waals surface area (Å²) in [6.07, 6.45) is 0. The van der Waals surface area contributed by atoms with Crippen molar-refractivity contribution in [3.63, 3.8) is 0 Å². The fourth-order valence-corrected chi connectivity index (χ4v) is 3.28. The lowest BCUT2D eigenvalue weighted by molar-refractivity contribution is 0.0459. The van der Waals surface area contributed by atoms with E-state index in [0.717, 1.165) is 0 Å². The number of ether oxygens (including phenoxy) is 2. The van der Waals surface area contributed by atoms with Crippen LogP contribution in [0.5, 0.6) is 5.75 Å². The van der Waals surface area contributed by atoms with Crippen LogP contribution in [0.25, 0.3) is 17.1 Å². The Labute approximate surface area is 190 Å². The van der Waals surface area contributed by atoms with E-state index < -0.39 is 5.97 Å². The molecule has 33 heavy (non-hydrogen) atoms. The quantitative estimate of drug-likeness (QED) is 0.376. The normalized spacial score (nSPS) is 10.9. The van der Waals surface area contributed by atoms with Crippen molar-refractivity contribution < 1.29 is 23.1 Å². The van der Waals surface area contributed by atoms with Crippen molar-refractivity contribution in [1.29, 1.82) is 0 Å². The number of hydrogen-bond donors (Lipinski definition) is 0. The standard InChI is InChI=1S/C24H23FN4O4/c1-5-31-21-9-7-6-8-18(21)23-26-20(16(4)33-23)13-32-24(30)22-15(3)29(28-27-22)17-11-10-14(2)19(25)12-17/h6-12H,5,13H2,1-4H3. The molecule has 0 aliphatic rings. The molecule has 2 aromatic carbocycles. The van der Waals surface area contributed by atoms with E-state index in [4.69, 9.17) is 13.9 Å². The molecular weight excluding hydrogens is 427 g/mol. The van der Waals surface area contributed by atoms with Crippen LogP contribution in [-0.2, 0) is 11.3 Å². The van der Waals surface area contributed by atoms with E-state index in [1.165, 1.54) is 10.7 Å². The summed E-state index contributed by atoms with van der Waals surface area (Å²) in [4.78, 5) is 17.1. The van der Waals surface area contributed by atoms with Crippen LogP contribution in [0.3, 0.4) is 0 Å². The van der Waals surface area contributed by atoms with Gasteiger partial charge < -0.3 is 13.9 Å². The molecule has 0 aliphatic carbocycles. The highest BCUT2D eigenvalue weighted by Gasteiger charge is 2.21. The summed E-state index contributed by atoms with van der Waals surface area (Å²) in [6.45, 7) is 7.39. The highest BCUT2D eigenvalue weighted by molar-refractivity contribution is 5.88. The number of rotatable bonds is 7. The van der Waals surface area contributed by atoms with Crippen molar-refractivity contribution in [3.05, 3.63) is 76.7 Å². The van der Waals surface area contributed by atoms with Gasteiger partial charge in [0.15, 0.2) is 5.69 Å². The van der Waals surface area contributed by atoms with E-state index in [0.29, 0.717) is 52.2 Å². The third-order valence-corrected chi connectivity index (χ3v) is 5.14. The summed E-state index contributed by atoms with van der Waals surface area (Å²) >= 11 is 0. The first-order valence-electron chi connectivity index (χ1n) is 10.4. The average Bonchev–Trinajstić information content (AvgIpc) is 3.37. The van der Waals surface area contributed by atoms with Gasteiger partial charge in [-0.15, -0.1) is 5.10 Å². The molecule has 0 aliphatic heterocycles. The Kier molecular flexibility index (Phi) is 6.21. The minimum Gasteiger partial charge on any atom is -0.493 e. The Balaban J connectivity index is 1.50. The molecule has 0 atom stereocenters. The zero-order valence-corrected chi connectivity index (χ0v) is 18.8. The first-order valence-corrected chi connectivity index (χ1v) is 10.4. The second kappa shape index (κ2) is 9.23. The molecule has 2 heterocycles. The molecule has 9 heteroatoms. The molecule has 0 radical (unpaired) electrons. The number of oxazole rings is 1. The Morgan fingerprint density at radius 2 is 1.94 bits per heavy atom. The number of nitrogens with zero attached hydrogens (tertiary/aromatic N) is 4. The number of carbonyl (C=O) groups excluding carboxylic acids is 1. The first-order chi connectivity index (χ1) is 15.9. The van der Waals surface area contributed by atoms with Crippen LogP contribution >= 0.6 is 0 Å². The van der Waals surface area contributed by atoms with Gasteiger partial charge in [-0.3, -0.25) is 0 Å². The number of esters is 1. The number of halogens is 1. The van der Waals surface area contributed by atoms with E-state index in [2.05, 4.69) is 15.3 Å². The summed E-state index contributed by atoms with van der Waals surface area (Å²) < 4.78 is 32.1. The van der Waals surface area contributed by atoms with Crippen molar-refractivity contribution in [2.45, 2.75) is 34.3 Å². The Bertz CT molecular complexity index is 1310. The highest BCUT2D eigenvalue weighted by atomic mass is 19.1. The van der Waals surface area contributed by atoms with Gasteiger partial charge >= 0.3 is 5.97 Å². The lowest BCUT2D eigenvalue weighted by Crippen LogP contribution is -2.09. The van der Waals surface area contributed by atoms with Crippen molar-refractivity contribution in [1.82, 2.24) is 20.0 Å². The molecule has 0 unspecified atom stereocenters. The predicted octanol–water partition coefficient (Wildman–Crippen LogP) is 4.74. The smallest absolute Gasteiger partial charge is 0.361 e. The predicted molar refractivity (Wildman–Crippen MR) is 118 cm³/mol. The second-order valence-electron chi connectivity index (χ2n) is 7.40. The summed E-state index contributed by atoms with van der Waals surface area (Å²) in [6, 6.07) is 12.1. The number of para-hydroxylation sites is 1. The molecule has 0 N–H and O–H groups in total. The van der Waals surface area contributed by atoms with Gasteiger partial charge in [0, 0.05) is 0 Å². The van der Waals surface area contributed by atoms with Crippen molar-refractivity contribution >= 4 is 5.97 Å². The number of aromatic nitrogens is 4. The molecule has 0 bridgehead atoms. The van der Waals surface area contributed by atoms with E-state index in [-0.39, 0.29) is 18.1 Å². The van der Waals surface area contributed by atoms with Crippen LogP contribution in [0.15, 0.2) is 46.9 Å². The maximum atomic E-state index is 13.9. The Hall–Kier alpha value is -4.01. The molecule has 4 aromatic rings. The van der Waals surface area contributed by atoms with Crippen molar-refractivity contribution in [3.8, 4) is 22.9 Å². The topological polar surface area (TPSA) is 92.3 Å². The van der Waals surface area contributed by atoms with Crippen LogP contribution in [0.4, 0.5) is 4.39 Å². The molecule has 4 rings (SSSR count). The molecule has 0 saturated heterocycles. The lowest BCUT2D eigenvalue weighted by Gasteiger charge is -2.06. The third kappa shape index (κ3) is 4.48. The van der Waals surface area contributed by atoms with E-state index in [1.807, 2.05) is 31.2 Å². The third-order valence-electron chi connectivity index (χ3n) is 5.14. The maximum absolute atomic E-state index is 13.9. The molecule has 8 nitrogen and oxygen atoms in total. The van der Waals surface area contributed by atoms with Crippen molar-refractivity contribution in [2.24, 2.45) is 0 Å². The van der Waals surface area contributed by atoms with Gasteiger partial charge in [0.2, 0.25) is 5.89 Å². The van der Waals surface area contributed by atoms with Gasteiger partial charge in [-0.2, -0.15) is 0 Å². The van der Waals surface area contributed by atoms with Gasteiger partial charge in [-0.1, -0.05) is 23.4 Å². The zero-order valence-electron chi connectivity index (χ0n) is 18.8. The fourth-order valence-electron chi connectivity index (χ4n) is 3.28. The monoisotopic (exact) mass is 450 g/mol. The summed E-state index contributed by atoms with van der Waals surface area (Å²) in [7, 11) is 0. The summed E-state index contributed by atoms with van der Waals surface area (Å²) in [5.74, 6) is 0.537. The van der Waals surface area contributed by atoms with E-state index in [9.17, 15) is 9.18 Å². The number of aryl methyl sites for hydroxylation is 2. The molecular formula is C24H23FN4O4. The molecule has 2 aromatic heterocycles. The molecule has 0 spiro atoms. The van der Waals surface area contributed by atoms with Crippen LogP contribution in [0, 0.1) is 26.6 Å². The second-order valence-corrected chi connectivity index (χ2v) is 7.40. The van der Waals surface area contributed by atoms with Gasteiger partial charge in [-0.25, -0.2) is 18.9 Å². The minimum atomic E-state index is -0.662. The van der Waals surface area contributed by atoms with Crippen LogP contribution < -0.4 is 4.74 Å². The number of hydrogen-bond acceptors (Lipinski definition) is 7.